The van der Waals surface area contributed by atoms with E-state index in [2.05, 4.69) is 15.6 Å². The Morgan fingerprint density at radius 3 is 3.00 bits per heavy atom. The van der Waals surface area contributed by atoms with Gasteiger partial charge >= 0.3 is 5.97 Å². The van der Waals surface area contributed by atoms with Gasteiger partial charge in [0.25, 0.3) is 5.91 Å². The quantitative estimate of drug-likeness (QED) is 0.703. The largest absolute Gasteiger partial charge is 0.452 e. The lowest BCUT2D eigenvalue weighted by Gasteiger charge is -2.06. The lowest BCUT2D eigenvalue weighted by Crippen LogP contribution is -2.20. The summed E-state index contributed by atoms with van der Waals surface area (Å²) in [6.45, 7) is 2.18. The number of rotatable bonds is 5. The molecule has 0 aliphatic rings. The van der Waals surface area contributed by atoms with Crippen molar-refractivity contribution in [2.24, 2.45) is 0 Å². The Morgan fingerprint density at radius 1 is 1.40 bits per heavy atom. The van der Waals surface area contributed by atoms with Crippen LogP contribution in [0, 0.1) is 11.3 Å². The predicted molar refractivity (Wildman–Crippen MR) is 91.1 cm³/mol. The van der Waals surface area contributed by atoms with Crippen molar-refractivity contribution in [3.63, 3.8) is 0 Å². The second kappa shape index (κ2) is 7.11. The first-order valence-corrected chi connectivity index (χ1v) is 8.28. The van der Waals surface area contributed by atoms with E-state index in [4.69, 9.17) is 10.00 Å². The molecule has 0 spiro atoms. The molecule has 1 aromatic carbocycles. The van der Waals surface area contributed by atoms with Gasteiger partial charge in [-0.05, 0) is 36.6 Å². The summed E-state index contributed by atoms with van der Waals surface area (Å²) in [6, 6.07) is 8.48. The summed E-state index contributed by atoms with van der Waals surface area (Å²) in [5.41, 5.74) is 2.06. The maximum Gasteiger partial charge on any atom is 0.338 e. The number of benzene rings is 1. The highest BCUT2D eigenvalue weighted by Crippen LogP contribution is 2.22. The number of hydrogen-bond donors (Lipinski definition) is 1. The third-order valence-electron chi connectivity index (χ3n) is 3.42. The van der Waals surface area contributed by atoms with Crippen molar-refractivity contribution in [2.75, 3.05) is 11.9 Å². The standard InChI is InChI=1S/C16H13N5O3S/c1-2-21-13-4-3-10(7-12(13)19-20-21)16(23)24-9-14(22)18-15-11(8-17)5-6-25-15/h3-7H,2,9H2,1H3,(H,18,22). The zero-order chi connectivity index (χ0) is 17.8. The highest BCUT2D eigenvalue weighted by Gasteiger charge is 2.14. The minimum atomic E-state index is -0.630. The maximum atomic E-state index is 12.1. The molecule has 2 aromatic heterocycles. The van der Waals surface area contributed by atoms with Gasteiger partial charge in [0.1, 0.15) is 16.6 Å². The van der Waals surface area contributed by atoms with Crippen LogP contribution in [0.1, 0.15) is 22.8 Å². The van der Waals surface area contributed by atoms with Crippen molar-refractivity contribution in [3.05, 3.63) is 40.8 Å². The number of carbonyl (C=O) groups excluding carboxylic acids is 2. The second-order valence-electron chi connectivity index (χ2n) is 5.01. The molecule has 0 saturated heterocycles. The first-order valence-electron chi connectivity index (χ1n) is 7.40. The van der Waals surface area contributed by atoms with Crippen molar-refractivity contribution < 1.29 is 14.3 Å². The van der Waals surface area contributed by atoms with E-state index >= 15 is 0 Å². The van der Waals surface area contributed by atoms with Gasteiger partial charge in [0.05, 0.1) is 16.6 Å². The van der Waals surface area contributed by atoms with Crippen molar-refractivity contribution in [2.45, 2.75) is 13.5 Å². The third-order valence-corrected chi connectivity index (χ3v) is 4.25. The monoisotopic (exact) mass is 355 g/mol. The van der Waals surface area contributed by atoms with Crippen molar-refractivity contribution in [1.29, 1.82) is 5.26 Å². The topological polar surface area (TPSA) is 110 Å². The molecule has 8 nitrogen and oxygen atoms in total. The Bertz CT molecular complexity index is 985. The molecule has 1 N–H and O–H groups in total. The number of nitrogens with one attached hydrogen (secondary N) is 1. The Labute approximate surface area is 146 Å². The van der Waals surface area contributed by atoms with Crippen molar-refractivity contribution >= 4 is 39.2 Å². The van der Waals surface area contributed by atoms with E-state index in [9.17, 15) is 9.59 Å². The van der Waals surface area contributed by atoms with Gasteiger partial charge in [-0.3, -0.25) is 4.79 Å². The van der Waals surface area contributed by atoms with Gasteiger partial charge in [-0.2, -0.15) is 5.26 Å². The van der Waals surface area contributed by atoms with Crippen LogP contribution in [0.15, 0.2) is 29.6 Å². The van der Waals surface area contributed by atoms with E-state index in [0.717, 1.165) is 5.52 Å². The molecule has 0 radical (unpaired) electrons. The number of carbonyl (C=O) groups is 2. The van der Waals surface area contributed by atoms with Crippen LogP contribution in [0.25, 0.3) is 11.0 Å². The molecule has 0 fully saturated rings. The summed E-state index contributed by atoms with van der Waals surface area (Å²) < 4.78 is 6.72. The number of anilines is 1. The summed E-state index contributed by atoms with van der Waals surface area (Å²) in [5, 5.41) is 21.5. The fraction of sp³-hybridized carbons (Fsp3) is 0.188. The molecular weight excluding hydrogens is 342 g/mol. The number of hydrogen-bond acceptors (Lipinski definition) is 7. The summed E-state index contributed by atoms with van der Waals surface area (Å²) in [4.78, 5) is 23.9. The molecule has 3 rings (SSSR count). The number of nitriles is 1. The molecule has 3 aromatic rings. The van der Waals surface area contributed by atoms with Gasteiger partial charge in [0.15, 0.2) is 6.61 Å². The number of aryl methyl sites for hydroxylation is 1. The van der Waals surface area contributed by atoms with E-state index < -0.39 is 18.5 Å². The average molecular weight is 355 g/mol. The van der Waals surface area contributed by atoms with Crippen molar-refractivity contribution in [1.82, 2.24) is 15.0 Å². The lowest BCUT2D eigenvalue weighted by molar-refractivity contribution is -0.119. The zero-order valence-corrected chi connectivity index (χ0v) is 14.0. The van der Waals surface area contributed by atoms with Crippen LogP contribution in [-0.2, 0) is 16.1 Å². The molecule has 1 amide bonds. The Hall–Kier alpha value is -3.25. The number of esters is 1. The number of fused-ring (bicyclic) bond motifs is 1. The normalized spacial score (nSPS) is 10.4. The van der Waals surface area contributed by atoms with Gasteiger partial charge < -0.3 is 10.1 Å². The smallest absolute Gasteiger partial charge is 0.338 e. The second-order valence-corrected chi connectivity index (χ2v) is 5.92. The molecule has 25 heavy (non-hydrogen) atoms. The van der Waals surface area contributed by atoms with E-state index in [-0.39, 0.29) is 5.56 Å². The van der Waals surface area contributed by atoms with Crippen LogP contribution in [0.5, 0.6) is 0 Å². The van der Waals surface area contributed by atoms with Gasteiger partial charge in [-0.25, -0.2) is 9.48 Å². The number of amides is 1. The molecule has 0 unspecified atom stereocenters. The van der Waals surface area contributed by atoms with Gasteiger partial charge in [0.2, 0.25) is 0 Å². The van der Waals surface area contributed by atoms with Crippen LogP contribution < -0.4 is 5.32 Å². The van der Waals surface area contributed by atoms with Crippen LogP contribution in [0.4, 0.5) is 5.00 Å². The fourth-order valence-electron chi connectivity index (χ4n) is 2.20. The van der Waals surface area contributed by atoms with E-state index in [1.165, 1.54) is 11.3 Å². The molecular formula is C16H13N5O3S. The molecule has 9 heteroatoms. The summed E-state index contributed by atoms with van der Waals surface area (Å²) in [7, 11) is 0. The lowest BCUT2D eigenvalue weighted by atomic mass is 10.2. The summed E-state index contributed by atoms with van der Waals surface area (Å²) >= 11 is 1.23. The van der Waals surface area contributed by atoms with Crippen LogP contribution in [-0.4, -0.2) is 33.5 Å². The minimum Gasteiger partial charge on any atom is -0.452 e. The van der Waals surface area contributed by atoms with Gasteiger partial charge in [0, 0.05) is 6.54 Å². The Kier molecular flexibility index (Phi) is 4.72. The van der Waals surface area contributed by atoms with E-state index in [1.54, 1.807) is 34.3 Å². The average Bonchev–Trinajstić information content (AvgIpc) is 3.24. The maximum absolute atomic E-state index is 12.1. The predicted octanol–water partition coefficient (Wildman–Crippen LogP) is 2.18. The highest BCUT2D eigenvalue weighted by molar-refractivity contribution is 7.14. The molecule has 0 atom stereocenters. The molecule has 0 aliphatic heterocycles. The minimum absolute atomic E-state index is 0.289. The number of nitrogens with zero attached hydrogens (tertiary/aromatic N) is 4. The molecule has 0 aliphatic carbocycles. The van der Waals surface area contributed by atoms with E-state index in [0.29, 0.717) is 22.6 Å². The molecule has 2 heterocycles. The first kappa shape index (κ1) is 16.6. The highest BCUT2D eigenvalue weighted by atomic mass is 32.1. The zero-order valence-electron chi connectivity index (χ0n) is 13.2. The fourth-order valence-corrected chi connectivity index (χ4v) is 2.96. The number of ether oxygens (including phenoxy) is 1. The Balaban J connectivity index is 1.62. The molecule has 126 valence electrons. The van der Waals surface area contributed by atoms with Gasteiger partial charge in [-0.1, -0.05) is 5.21 Å². The van der Waals surface area contributed by atoms with Crippen molar-refractivity contribution in [3.8, 4) is 6.07 Å². The molecule has 0 bridgehead atoms. The third kappa shape index (κ3) is 3.49. The first-order chi connectivity index (χ1) is 12.1. The number of aromatic nitrogens is 3. The van der Waals surface area contributed by atoms with Crippen LogP contribution >= 0.6 is 11.3 Å². The summed E-state index contributed by atoms with van der Waals surface area (Å²) in [5.74, 6) is -1.14. The number of thiophene rings is 1. The van der Waals surface area contributed by atoms with Crippen LogP contribution in [0.2, 0.25) is 0 Å². The van der Waals surface area contributed by atoms with Crippen LogP contribution in [0.3, 0.4) is 0 Å². The summed E-state index contributed by atoms with van der Waals surface area (Å²) in [6.07, 6.45) is 0. The van der Waals surface area contributed by atoms with Gasteiger partial charge in [-0.15, -0.1) is 16.4 Å². The Morgan fingerprint density at radius 2 is 2.24 bits per heavy atom. The van der Waals surface area contributed by atoms with E-state index in [1.807, 2.05) is 13.0 Å². The SMILES string of the molecule is CCn1nnc2cc(C(=O)OCC(=O)Nc3sccc3C#N)ccc21. The molecule has 0 saturated carbocycles.